The van der Waals surface area contributed by atoms with Gasteiger partial charge < -0.3 is 16.0 Å². The van der Waals surface area contributed by atoms with Crippen LogP contribution >= 0.6 is 0 Å². The predicted molar refractivity (Wildman–Crippen MR) is 103 cm³/mol. The Morgan fingerprint density at radius 3 is 2.48 bits per heavy atom. The monoisotopic (exact) mass is 445 g/mol. The number of urea groups is 1. The van der Waals surface area contributed by atoms with Crippen molar-refractivity contribution in [1.82, 2.24) is 15.5 Å². The maximum absolute atomic E-state index is 12.7. The van der Waals surface area contributed by atoms with Crippen LogP contribution in [-0.2, 0) is 15.8 Å². The smallest absolute Gasteiger partial charge is 0.378 e. The van der Waals surface area contributed by atoms with E-state index in [9.17, 15) is 37.7 Å². The van der Waals surface area contributed by atoms with Crippen molar-refractivity contribution in [3.63, 3.8) is 0 Å². The summed E-state index contributed by atoms with van der Waals surface area (Å²) in [5, 5.41) is 18.7. The highest BCUT2D eigenvalue weighted by Crippen LogP contribution is 2.34. The number of benzene rings is 1. The fraction of sp³-hybridized carbons (Fsp3) is 0.500. The number of imide groups is 1. The maximum Gasteiger partial charge on any atom is 0.416 e. The summed E-state index contributed by atoms with van der Waals surface area (Å²) in [6, 6.07) is 1.61. The SMILES string of the molecule is CC1(C)NC(=O)N(CCCC(=O)NCCNc2ccc(C(F)(F)F)cc2[N+](=O)[O-])C1=O. The van der Waals surface area contributed by atoms with Gasteiger partial charge in [-0.05, 0) is 32.4 Å². The van der Waals surface area contributed by atoms with Crippen molar-refractivity contribution in [3.8, 4) is 0 Å². The number of nitrogens with one attached hydrogen (secondary N) is 3. The van der Waals surface area contributed by atoms with Crippen LogP contribution < -0.4 is 16.0 Å². The molecule has 0 atom stereocenters. The molecular formula is C18H22F3N5O5. The van der Waals surface area contributed by atoms with Gasteiger partial charge in [0.25, 0.3) is 11.6 Å². The van der Waals surface area contributed by atoms with E-state index in [-0.39, 0.29) is 50.0 Å². The van der Waals surface area contributed by atoms with Gasteiger partial charge in [0, 0.05) is 32.1 Å². The van der Waals surface area contributed by atoms with Gasteiger partial charge in [0.1, 0.15) is 11.2 Å². The number of halogens is 3. The van der Waals surface area contributed by atoms with Crippen molar-refractivity contribution >= 4 is 29.2 Å². The quantitative estimate of drug-likeness (QED) is 0.231. The number of amides is 4. The number of carbonyl (C=O) groups is 3. The molecule has 1 aliphatic rings. The molecule has 3 N–H and O–H groups in total. The van der Waals surface area contributed by atoms with Gasteiger partial charge in [-0.1, -0.05) is 0 Å². The number of nitrogens with zero attached hydrogens (tertiary/aromatic N) is 2. The number of hydrogen-bond acceptors (Lipinski definition) is 6. The van der Waals surface area contributed by atoms with Crippen molar-refractivity contribution in [3.05, 3.63) is 33.9 Å². The molecular weight excluding hydrogens is 423 g/mol. The molecule has 1 heterocycles. The largest absolute Gasteiger partial charge is 0.416 e. The second kappa shape index (κ2) is 9.18. The first-order valence-electron chi connectivity index (χ1n) is 9.33. The molecule has 0 unspecified atom stereocenters. The summed E-state index contributed by atoms with van der Waals surface area (Å²) in [6.45, 7) is 3.34. The van der Waals surface area contributed by atoms with Crippen LogP contribution in [-0.4, -0.2) is 52.8 Å². The average Bonchev–Trinajstić information content (AvgIpc) is 2.85. The number of nitro benzene ring substituents is 1. The fourth-order valence-corrected chi connectivity index (χ4v) is 2.91. The van der Waals surface area contributed by atoms with Crippen molar-refractivity contribution in [1.29, 1.82) is 0 Å². The first-order chi connectivity index (χ1) is 14.3. The number of hydrogen-bond donors (Lipinski definition) is 3. The van der Waals surface area contributed by atoms with E-state index in [0.717, 1.165) is 17.0 Å². The number of alkyl halides is 3. The van der Waals surface area contributed by atoms with Gasteiger partial charge >= 0.3 is 12.2 Å². The molecule has 31 heavy (non-hydrogen) atoms. The Morgan fingerprint density at radius 1 is 1.26 bits per heavy atom. The van der Waals surface area contributed by atoms with Gasteiger partial charge in [-0.2, -0.15) is 13.2 Å². The highest BCUT2D eigenvalue weighted by atomic mass is 19.4. The molecule has 4 amide bonds. The molecule has 10 nitrogen and oxygen atoms in total. The molecule has 0 aliphatic carbocycles. The van der Waals surface area contributed by atoms with Crippen molar-refractivity contribution in [2.75, 3.05) is 25.0 Å². The van der Waals surface area contributed by atoms with E-state index in [1.165, 1.54) is 0 Å². The van der Waals surface area contributed by atoms with Crippen molar-refractivity contribution < 1.29 is 32.5 Å². The lowest BCUT2D eigenvalue weighted by Gasteiger charge is -2.15. The van der Waals surface area contributed by atoms with Gasteiger partial charge in [-0.15, -0.1) is 0 Å². The molecule has 170 valence electrons. The Labute approximate surface area is 175 Å². The third kappa shape index (κ3) is 6.06. The highest BCUT2D eigenvalue weighted by Gasteiger charge is 2.43. The summed E-state index contributed by atoms with van der Waals surface area (Å²) in [5.41, 5.74) is -2.94. The molecule has 1 aliphatic heterocycles. The summed E-state index contributed by atoms with van der Waals surface area (Å²) in [7, 11) is 0. The highest BCUT2D eigenvalue weighted by molar-refractivity contribution is 6.06. The van der Waals surface area contributed by atoms with Gasteiger partial charge in [-0.3, -0.25) is 24.6 Å². The lowest BCUT2D eigenvalue weighted by Crippen LogP contribution is -2.40. The molecule has 2 rings (SSSR count). The minimum absolute atomic E-state index is 0.0396. The lowest BCUT2D eigenvalue weighted by molar-refractivity contribution is -0.384. The van der Waals surface area contributed by atoms with Gasteiger partial charge in [0.15, 0.2) is 0 Å². The molecule has 0 aromatic heterocycles. The van der Waals surface area contributed by atoms with Crippen LogP contribution in [0.3, 0.4) is 0 Å². The minimum Gasteiger partial charge on any atom is -0.378 e. The van der Waals surface area contributed by atoms with Gasteiger partial charge in [0.2, 0.25) is 5.91 Å². The minimum atomic E-state index is -4.70. The first-order valence-corrected chi connectivity index (χ1v) is 9.33. The molecule has 1 aromatic rings. The van der Waals surface area contributed by atoms with Crippen LogP contribution in [0.1, 0.15) is 32.3 Å². The fourth-order valence-electron chi connectivity index (χ4n) is 2.91. The summed E-state index contributed by atoms with van der Waals surface area (Å²) >= 11 is 0. The van der Waals surface area contributed by atoms with E-state index < -0.39 is 33.9 Å². The zero-order valence-corrected chi connectivity index (χ0v) is 16.8. The maximum atomic E-state index is 12.7. The molecule has 1 fully saturated rings. The first kappa shape index (κ1) is 23.9. The topological polar surface area (TPSA) is 134 Å². The number of rotatable bonds is 9. The summed E-state index contributed by atoms with van der Waals surface area (Å²) in [6.07, 6.45) is -4.41. The van der Waals surface area contributed by atoms with E-state index in [1.807, 2.05) is 0 Å². The Bertz CT molecular complexity index is 888. The Balaban J connectivity index is 1.76. The number of nitro groups is 1. The van der Waals surface area contributed by atoms with Gasteiger partial charge in [-0.25, -0.2) is 4.79 Å². The van der Waals surface area contributed by atoms with E-state index >= 15 is 0 Å². The Morgan fingerprint density at radius 2 is 1.94 bits per heavy atom. The zero-order valence-electron chi connectivity index (χ0n) is 16.8. The third-order valence-corrected chi connectivity index (χ3v) is 4.51. The number of carbonyl (C=O) groups excluding carboxylic acids is 3. The lowest BCUT2D eigenvalue weighted by atomic mass is 10.1. The van der Waals surface area contributed by atoms with Crippen LogP contribution in [0.25, 0.3) is 0 Å². The summed E-state index contributed by atoms with van der Waals surface area (Å²) < 4.78 is 38.1. The van der Waals surface area contributed by atoms with E-state index in [4.69, 9.17) is 0 Å². The van der Waals surface area contributed by atoms with Gasteiger partial charge in [0.05, 0.1) is 10.5 Å². The standard InChI is InChI=1S/C18H22F3N5O5/c1-17(2)15(28)25(16(29)24-17)9-3-4-14(27)23-8-7-22-12-6-5-11(18(19,20)21)10-13(12)26(30)31/h5-6,10,22H,3-4,7-9H2,1-2H3,(H,23,27)(H,24,29). The van der Waals surface area contributed by atoms with E-state index in [1.54, 1.807) is 13.8 Å². The van der Waals surface area contributed by atoms with Crippen molar-refractivity contribution in [2.24, 2.45) is 0 Å². The molecule has 0 radical (unpaired) electrons. The van der Waals surface area contributed by atoms with E-state index in [0.29, 0.717) is 6.07 Å². The summed E-state index contributed by atoms with van der Waals surface area (Å²) in [4.78, 5) is 46.8. The normalized spacial score (nSPS) is 15.6. The zero-order chi connectivity index (χ0) is 23.4. The second-order valence-corrected chi connectivity index (χ2v) is 7.38. The number of anilines is 1. The van der Waals surface area contributed by atoms with Crippen LogP contribution in [0.2, 0.25) is 0 Å². The van der Waals surface area contributed by atoms with Crippen molar-refractivity contribution in [2.45, 2.75) is 38.4 Å². The predicted octanol–water partition coefficient (Wildman–Crippen LogP) is 2.25. The molecule has 1 aromatic carbocycles. The van der Waals surface area contributed by atoms with Crippen LogP contribution in [0, 0.1) is 10.1 Å². The average molecular weight is 445 g/mol. The molecule has 0 bridgehead atoms. The molecule has 0 saturated carbocycles. The molecule has 1 saturated heterocycles. The van der Waals surface area contributed by atoms with Crippen LogP contribution in [0.5, 0.6) is 0 Å². The van der Waals surface area contributed by atoms with Crippen LogP contribution in [0.4, 0.5) is 29.3 Å². The Kier molecular flexibility index (Phi) is 7.08. The van der Waals surface area contributed by atoms with E-state index in [2.05, 4.69) is 16.0 Å². The Hall–Kier alpha value is -3.38. The van der Waals surface area contributed by atoms with Crippen LogP contribution in [0.15, 0.2) is 18.2 Å². The molecule has 13 heteroatoms. The molecule has 0 spiro atoms. The third-order valence-electron chi connectivity index (χ3n) is 4.51. The summed E-state index contributed by atoms with van der Waals surface area (Å²) in [5.74, 6) is -0.740. The second-order valence-electron chi connectivity index (χ2n) is 7.38.